The van der Waals surface area contributed by atoms with Crippen LogP contribution in [-0.4, -0.2) is 29.2 Å². The van der Waals surface area contributed by atoms with Gasteiger partial charge in [-0.25, -0.2) is 15.0 Å². The van der Waals surface area contributed by atoms with Crippen LogP contribution >= 0.6 is 22.9 Å². The molecule has 0 unspecified atom stereocenters. The zero-order valence-electron chi connectivity index (χ0n) is 14.8. The van der Waals surface area contributed by atoms with Gasteiger partial charge >= 0.3 is 0 Å². The summed E-state index contributed by atoms with van der Waals surface area (Å²) in [6, 6.07) is 6.03. The third-order valence-corrected chi connectivity index (χ3v) is 5.75. The van der Waals surface area contributed by atoms with Crippen molar-refractivity contribution in [3.05, 3.63) is 40.5 Å². The molecule has 0 aliphatic heterocycles. The van der Waals surface area contributed by atoms with Gasteiger partial charge in [-0.3, -0.25) is 0 Å². The molecule has 7 heteroatoms. The third kappa shape index (κ3) is 2.66. The number of nitrogens with zero attached hydrogens (tertiary/aromatic N) is 3. The predicted molar refractivity (Wildman–Crippen MR) is 106 cm³/mol. The second-order valence-corrected chi connectivity index (χ2v) is 7.38. The van der Waals surface area contributed by atoms with E-state index in [1.807, 2.05) is 26.0 Å². The van der Waals surface area contributed by atoms with Gasteiger partial charge in [-0.15, -0.1) is 11.3 Å². The number of hydrogen-bond donors (Lipinski definition) is 0. The summed E-state index contributed by atoms with van der Waals surface area (Å²) in [4.78, 5) is 13.8. The summed E-state index contributed by atoms with van der Waals surface area (Å²) in [7, 11) is 3.22. The van der Waals surface area contributed by atoms with Gasteiger partial charge < -0.3 is 9.47 Å². The fourth-order valence-electron chi connectivity index (χ4n) is 2.94. The lowest BCUT2D eigenvalue weighted by Crippen LogP contribution is -1.93. The Bertz CT molecular complexity index is 1160. The van der Waals surface area contributed by atoms with E-state index in [1.54, 1.807) is 31.8 Å². The highest BCUT2D eigenvalue weighted by atomic mass is 35.5. The summed E-state index contributed by atoms with van der Waals surface area (Å²) in [6.45, 7) is 3.96. The first-order valence-corrected chi connectivity index (χ1v) is 9.16. The quantitative estimate of drug-likeness (QED) is 0.485. The first kappa shape index (κ1) is 17.0. The lowest BCUT2D eigenvalue weighted by Gasteiger charge is -2.06. The Morgan fingerprint density at radius 3 is 2.54 bits per heavy atom. The monoisotopic (exact) mass is 385 g/mol. The molecule has 0 radical (unpaired) electrons. The van der Waals surface area contributed by atoms with Gasteiger partial charge in [0.1, 0.15) is 16.3 Å². The van der Waals surface area contributed by atoms with Crippen LogP contribution < -0.4 is 9.47 Å². The number of halogens is 1. The largest absolute Gasteiger partial charge is 0.496 e. The molecule has 132 valence electrons. The Balaban J connectivity index is 1.99. The normalized spacial score (nSPS) is 11.3. The standard InChI is InChI=1S/C19H16ClN3O2S/c1-9-5-11(17-12(6-9)22-15(25-4)8-21-17)19-23-18-14(26-19)7-13(24-3)10(2)16(18)20/h5-8H,1-4H3. The molecule has 26 heavy (non-hydrogen) atoms. The van der Waals surface area contributed by atoms with Crippen molar-refractivity contribution < 1.29 is 9.47 Å². The van der Waals surface area contributed by atoms with E-state index < -0.39 is 0 Å². The van der Waals surface area contributed by atoms with Crippen LogP contribution in [-0.2, 0) is 0 Å². The summed E-state index contributed by atoms with van der Waals surface area (Å²) in [5, 5.41) is 1.47. The average molecular weight is 386 g/mol. The van der Waals surface area contributed by atoms with Crippen LogP contribution in [0.4, 0.5) is 0 Å². The van der Waals surface area contributed by atoms with Crippen molar-refractivity contribution in [1.29, 1.82) is 0 Å². The molecule has 5 nitrogen and oxygen atoms in total. The van der Waals surface area contributed by atoms with Crippen molar-refractivity contribution in [3.63, 3.8) is 0 Å². The van der Waals surface area contributed by atoms with Crippen molar-refractivity contribution in [2.45, 2.75) is 13.8 Å². The second-order valence-electron chi connectivity index (χ2n) is 5.98. The Kier molecular flexibility index (Phi) is 4.17. The molecular weight excluding hydrogens is 370 g/mol. The number of methoxy groups -OCH3 is 2. The number of rotatable bonds is 3. The van der Waals surface area contributed by atoms with Gasteiger partial charge in [0.2, 0.25) is 5.88 Å². The van der Waals surface area contributed by atoms with Gasteiger partial charge in [-0.1, -0.05) is 11.6 Å². The number of hydrogen-bond acceptors (Lipinski definition) is 6. The molecule has 4 aromatic rings. The molecule has 0 aliphatic carbocycles. The molecule has 4 rings (SSSR count). The number of benzene rings is 2. The van der Waals surface area contributed by atoms with Gasteiger partial charge in [-0.2, -0.15) is 0 Å². The van der Waals surface area contributed by atoms with Gasteiger partial charge in [0.05, 0.1) is 41.2 Å². The second kappa shape index (κ2) is 6.37. The Morgan fingerprint density at radius 1 is 1.00 bits per heavy atom. The molecule has 2 aromatic carbocycles. The van der Waals surface area contributed by atoms with Gasteiger partial charge in [0.15, 0.2) is 0 Å². The summed E-state index contributed by atoms with van der Waals surface area (Å²) < 4.78 is 11.6. The summed E-state index contributed by atoms with van der Waals surface area (Å²) in [5.41, 5.74) is 5.24. The number of aromatic nitrogens is 3. The maximum Gasteiger partial charge on any atom is 0.232 e. The predicted octanol–water partition coefficient (Wildman–Crippen LogP) is 5.19. The van der Waals surface area contributed by atoms with Crippen LogP contribution in [0, 0.1) is 13.8 Å². The molecule has 0 amide bonds. The van der Waals surface area contributed by atoms with Gasteiger partial charge in [-0.05, 0) is 37.6 Å². The molecule has 0 bridgehead atoms. The first-order chi connectivity index (χ1) is 12.5. The van der Waals surface area contributed by atoms with Gasteiger partial charge in [0.25, 0.3) is 0 Å². The third-order valence-electron chi connectivity index (χ3n) is 4.25. The molecule has 0 aliphatic rings. The fourth-order valence-corrected chi connectivity index (χ4v) is 4.25. The summed E-state index contributed by atoms with van der Waals surface area (Å²) in [5.74, 6) is 1.25. The minimum atomic E-state index is 0.488. The Morgan fingerprint density at radius 2 is 1.81 bits per heavy atom. The zero-order valence-corrected chi connectivity index (χ0v) is 16.3. The Labute approximate surface area is 159 Å². The highest BCUT2D eigenvalue weighted by Crippen LogP contribution is 2.40. The van der Waals surface area contributed by atoms with Crippen LogP contribution in [0.3, 0.4) is 0 Å². The van der Waals surface area contributed by atoms with Crippen molar-refractivity contribution in [1.82, 2.24) is 15.0 Å². The molecule has 0 fully saturated rings. The number of aryl methyl sites for hydroxylation is 1. The van der Waals surface area contributed by atoms with Crippen LogP contribution in [0.25, 0.3) is 31.8 Å². The minimum absolute atomic E-state index is 0.488. The number of ether oxygens (including phenoxy) is 2. The van der Waals surface area contributed by atoms with Crippen LogP contribution in [0.1, 0.15) is 11.1 Å². The van der Waals surface area contributed by atoms with Crippen molar-refractivity contribution in [2.24, 2.45) is 0 Å². The van der Waals surface area contributed by atoms with E-state index in [1.165, 1.54) is 0 Å². The van der Waals surface area contributed by atoms with Crippen molar-refractivity contribution in [3.8, 4) is 22.2 Å². The molecule has 0 spiro atoms. The summed E-state index contributed by atoms with van der Waals surface area (Å²) in [6.07, 6.45) is 1.62. The van der Waals surface area contributed by atoms with E-state index >= 15 is 0 Å². The van der Waals surface area contributed by atoms with Crippen LogP contribution in [0.15, 0.2) is 24.4 Å². The van der Waals surface area contributed by atoms with E-state index in [9.17, 15) is 0 Å². The number of thiazole rings is 1. The van der Waals surface area contributed by atoms with E-state index in [2.05, 4.69) is 16.0 Å². The molecular formula is C19H16ClN3O2S. The lowest BCUT2D eigenvalue weighted by molar-refractivity contribution is 0.397. The summed E-state index contributed by atoms with van der Waals surface area (Å²) >= 11 is 8.08. The van der Waals surface area contributed by atoms with Crippen molar-refractivity contribution in [2.75, 3.05) is 14.2 Å². The van der Waals surface area contributed by atoms with E-state index in [4.69, 9.17) is 26.1 Å². The molecule has 2 aromatic heterocycles. The molecule has 0 saturated carbocycles. The minimum Gasteiger partial charge on any atom is -0.496 e. The SMILES string of the molecule is COc1cnc2c(-c3nc4c(Cl)c(C)c(OC)cc4s3)cc(C)cc2n1. The van der Waals surface area contributed by atoms with Gasteiger partial charge in [0, 0.05) is 11.1 Å². The molecule has 2 heterocycles. The van der Waals surface area contributed by atoms with E-state index in [-0.39, 0.29) is 0 Å². The maximum absolute atomic E-state index is 6.52. The van der Waals surface area contributed by atoms with E-state index in [0.717, 1.165) is 48.7 Å². The lowest BCUT2D eigenvalue weighted by atomic mass is 10.1. The number of fused-ring (bicyclic) bond motifs is 2. The highest BCUT2D eigenvalue weighted by molar-refractivity contribution is 7.21. The molecule has 0 saturated heterocycles. The topological polar surface area (TPSA) is 57.1 Å². The Hall–Kier alpha value is -2.44. The molecule has 0 atom stereocenters. The maximum atomic E-state index is 6.52. The van der Waals surface area contributed by atoms with E-state index in [0.29, 0.717) is 10.9 Å². The first-order valence-electron chi connectivity index (χ1n) is 7.97. The fraction of sp³-hybridized carbons (Fsp3) is 0.211. The van der Waals surface area contributed by atoms with Crippen LogP contribution in [0.5, 0.6) is 11.6 Å². The van der Waals surface area contributed by atoms with Crippen LogP contribution in [0.2, 0.25) is 5.02 Å². The van der Waals surface area contributed by atoms with Crippen molar-refractivity contribution >= 4 is 44.2 Å². The molecule has 0 N–H and O–H groups in total. The highest BCUT2D eigenvalue weighted by Gasteiger charge is 2.17. The average Bonchev–Trinajstić information content (AvgIpc) is 3.07. The smallest absolute Gasteiger partial charge is 0.232 e. The zero-order chi connectivity index (χ0) is 18.4.